The van der Waals surface area contributed by atoms with Crippen LogP contribution in [-0.4, -0.2) is 26.4 Å². The highest BCUT2D eigenvalue weighted by Gasteiger charge is 2.20. The Labute approximate surface area is 207 Å². The first-order chi connectivity index (χ1) is 15.8. The van der Waals surface area contributed by atoms with Gasteiger partial charge in [0.15, 0.2) is 11.0 Å². The number of para-hydroxylation sites is 1. The largest absolute Gasteiger partial charge is 0.325 e. The summed E-state index contributed by atoms with van der Waals surface area (Å²) >= 11 is 13.9. The minimum Gasteiger partial charge on any atom is -0.325 e. The van der Waals surface area contributed by atoms with Gasteiger partial charge >= 0.3 is 0 Å². The highest BCUT2D eigenvalue weighted by atomic mass is 35.5. The third kappa shape index (κ3) is 5.24. The third-order valence-corrected chi connectivity index (χ3v) is 6.64. The Hall–Kier alpha value is -2.80. The number of benzene rings is 3. The molecule has 4 aromatic rings. The lowest BCUT2D eigenvalue weighted by Gasteiger charge is -2.14. The van der Waals surface area contributed by atoms with Gasteiger partial charge in [-0.1, -0.05) is 65.3 Å². The van der Waals surface area contributed by atoms with E-state index in [4.69, 9.17) is 23.2 Å². The van der Waals surface area contributed by atoms with Crippen LogP contribution >= 0.6 is 35.0 Å². The number of amides is 1. The first kappa shape index (κ1) is 23.4. The molecule has 1 aromatic heterocycles. The second-order valence-electron chi connectivity index (χ2n) is 7.71. The zero-order valence-electron chi connectivity index (χ0n) is 18.4. The summed E-state index contributed by atoms with van der Waals surface area (Å²) in [4.78, 5) is 12.7. The number of rotatable bonds is 6. The number of hydrogen-bond acceptors (Lipinski definition) is 4. The number of anilines is 1. The van der Waals surface area contributed by atoms with Crippen molar-refractivity contribution in [2.45, 2.75) is 25.9 Å². The molecule has 0 saturated carbocycles. The van der Waals surface area contributed by atoms with Gasteiger partial charge in [-0.15, -0.1) is 10.2 Å². The average Bonchev–Trinajstić information content (AvgIpc) is 3.18. The molecule has 33 heavy (non-hydrogen) atoms. The summed E-state index contributed by atoms with van der Waals surface area (Å²) in [5.41, 5.74) is 5.60. The maximum atomic E-state index is 12.7. The Kier molecular flexibility index (Phi) is 7.08. The van der Waals surface area contributed by atoms with Crippen LogP contribution in [0.25, 0.3) is 17.1 Å². The van der Waals surface area contributed by atoms with Gasteiger partial charge in [0.05, 0.1) is 16.5 Å². The molecule has 1 heterocycles. The predicted molar refractivity (Wildman–Crippen MR) is 137 cm³/mol. The summed E-state index contributed by atoms with van der Waals surface area (Å²) in [6.45, 7) is 5.99. The lowest BCUT2D eigenvalue weighted by atomic mass is 10.1. The summed E-state index contributed by atoms with van der Waals surface area (Å²) < 4.78 is 1.93. The highest BCUT2D eigenvalue weighted by Crippen LogP contribution is 2.34. The molecule has 0 radical (unpaired) electrons. The maximum absolute atomic E-state index is 12.7. The van der Waals surface area contributed by atoms with E-state index >= 15 is 0 Å². The number of hydrogen-bond donors (Lipinski definition) is 1. The molecule has 1 amide bonds. The van der Waals surface area contributed by atoms with E-state index in [0.29, 0.717) is 26.6 Å². The fourth-order valence-electron chi connectivity index (χ4n) is 3.43. The molecular formula is C25H22Cl2N4OS. The number of carbonyl (C=O) groups excluding carboxylic acids is 1. The van der Waals surface area contributed by atoms with Crippen molar-refractivity contribution in [3.8, 4) is 17.1 Å². The van der Waals surface area contributed by atoms with Crippen LogP contribution in [0, 0.1) is 20.8 Å². The van der Waals surface area contributed by atoms with Gasteiger partial charge in [-0.3, -0.25) is 9.36 Å². The minimum atomic E-state index is -0.112. The zero-order chi connectivity index (χ0) is 23.5. The van der Waals surface area contributed by atoms with Crippen molar-refractivity contribution in [2.75, 3.05) is 11.1 Å². The number of thioether (sulfide) groups is 1. The molecule has 0 atom stereocenters. The van der Waals surface area contributed by atoms with E-state index in [9.17, 15) is 4.79 Å². The van der Waals surface area contributed by atoms with Crippen LogP contribution < -0.4 is 5.32 Å². The van der Waals surface area contributed by atoms with Gasteiger partial charge in [-0.05, 0) is 67.8 Å². The molecular weight excluding hydrogens is 475 g/mol. The molecule has 1 N–H and O–H groups in total. The number of aromatic nitrogens is 3. The van der Waals surface area contributed by atoms with Crippen LogP contribution in [0.5, 0.6) is 0 Å². The van der Waals surface area contributed by atoms with E-state index < -0.39 is 0 Å². The van der Waals surface area contributed by atoms with Crippen LogP contribution in [-0.2, 0) is 4.79 Å². The fourth-order valence-corrected chi connectivity index (χ4v) is 4.66. The normalized spacial score (nSPS) is 10.9. The van der Waals surface area contributed by atoms with Gasteiger partial charge in [0.2, 0.25) is 5.91 Å². The van der Waals surface area contributed by atoms with E-state index in [1.54, 1.807) is 12.1 Å². The van der Waals surface area contributed by atoms with Gasteiger partial charge < -0.3 is 5.32 Å². The van der Waals surface area contributed by atoms with Crippen molar-refractivity contribution in [2.24, 2.45) is 0 Å². The highest BCUT2D eigenvalue weighted by molar-refractivity contribution is 7.99. The Balaban J connectivity index is 1.66. The Bertz CT molecular complexity index is 1340. The number of carbonyl (C=O) groups is 1. The van der Waals surface area contributed by atoms with Crippen LogP contribution in [0.3, 0.4) is 0 Å². The molecule has 0 saturated heterocycles. The summed E-state index contributed by atoms with van der Waals surface area (Å²) in [6, 6.07) is 19.2. The quantitative estimate of drug-likeness (QED) is 0.295. The molecule has 0 fully saturated rings. The lowest BCUT2D eigenvalue weighted by Crippen LogP contribution is -2.15. The average molecular weight is 497 g/mol. The van der Waals surface area contributed by atoms with E-state index in [1.807, 2.05) is 73.9 Å². The van der Waals surface area contributed by atoms with Crippen molar-refractivity contribution in [3.05, 3.63) is 87.4 Å². The molecule has 8 heteroatoms. The van der Waals surface area contributed by atoms with Crippen molar-refractivity contribution in [1.82, 2.24) is 14.8 Å². The summed E-state index contributed by atoms with van der Waals surface area (Å²) in [7, 11) is 0. The number of nitrogens with zero attached hydrogens (tertiary/aromatic N) is 3. The Morgan fingerprint density at radius 3 is 2.52 bits per heavy atom. The van der Waals surface area contributed by atoms with Crippen LogP contribution in [0.15, 0.2) is 65.8 Å². The molecule has 0 aliphatic rings. The Morgan fingerprint density at radius 2 is 1.76 bits per heavy atom. The van der Waals surface area contributed by atoms with Gasteiger partial charge in [0, 0.05) is 16.3 Å². The fraction of sp³-hybridized carbons (Fsp3) is 0.160. The summed E-state index contributed by atoms with van der Waals surface area (Å²) in [5, 5.41) is 13.4. The zero-order valence-corrected chi connectivity index (χ0v) is 20.7. The molecule has 168 valence electrons. The molecule has 0 aliphatic heterocycles. The van der Waals surface area contributed by atoms with E-state index in [2.05, 4.69) is 15.5 Å². The van der Waals surface area contributed by atoms with Crippen molar-refractivity contribution < 1.29 is 4.79 Å². The van der Waals surface area contributed by atoms with Crippen molar-refractivity contribution in [1.29, 1.82) is 0 Å². The van der Waals surface area contributed by atoms with Crippen LogP contribution in [0.4, 0.5) is 5.69 Å². The maximum Gasteiger partial charge on any atom is 0.234 e. The molecule has 0 spiro atoms. The molecule has 4 rings (SSSR count). The van der Waals surface area contributed by atoms with Gasteiger partial charge in [0.25, 0.3) is 0 Å². The second kappa shape index (κ2) is 10.00. The molecule has 3 aromatic carbocycles. The topological polar surface area (TPSA) is 59.8 Å². The second-order valence-corrected chi connectivity index (χ2v) is 9.49. The number of halogens is 2. The van der Waals surface area contributed by atoms with Crippen LogP contribution in [0.2, 0.25) is 10.0 Å². The molecule has 0 bridgehead atoms. The molecule has 0 aliphatic carbocycles. The molecule has 5 nitrogen and oxygen atoms in total. The monoisotopic (exact) mass is 496 g/mol. The van der Waals surface area contributed by atoms with E-state index in [1.165, 1.54) is 11.8 Å². The first-order valence-electron chi connectivity index (χ1n) is 10.3. The molecule has 0 unspecified atom stereocenters. The summed E-state index contributed by atoms with van der Waals surface area (Å²) in [5.74, 6) is 0.661. The van der Waals surface area contributed by atoms with Crippen molar-refractivity contribution >= 4 is 46.6 Å². The predicted octanol–water partition coefficient (Wildman–Crippen LogP) is 6.90. The van der Waals surface area contributed by atoms with Gasteiger partial charge in [-0.2, -0.15) is 0 Å². The van der Waals surface area contributed by atoms with Gasteiger partial charge in [0.1, 0.15) is 0 Å². The Morgan fingerprint density at radius 1 is 0.970 bits per heavy atom. The van der Waals surface area contributed by atoms with E-state index in [-0.39, 0.29) is 11.7 Å². The first-order valence-corrected chi connectivity index (χ1v) is 12.0. The third-order valence-electron chi connectivity index (χ3n) is 5.16. The van der Waals surface area contributed by atoms with Gasteiger partial charge in [-0.25, -0.2) is 0 Å². The van der Waals surface area contributed by atoms with Crippen LogP contribution in [0.1, 0.15) is 16.7 Å². The number of aryl methyl sites for hydroxylation is 3. The smallest absolute Gasteiger partial charge is 0.234 e. The van der Waals surface area contributed by atoms with E-state index in [0.717, 1.165) is 28.1 Å². The minimum absolute atomic E-state index is 0.112. The lowest BCUT2D eigenvalue weighted by molar-refractivity contribution is -0.113. The van der Waals surface area contributed by atoms with Crippen molar-refractivity contribution in [3.63, 3.8) is 0 Å². The summed E-state index contributed by atoms with van der Waals surface area (Å²) in [6.07, 6.45) is 0. The SMILES string of the molecule is Cc1ccc(C)c(NC(=O)CSc2nnc(-c3ccc(Cl)cc3Cl)n2-c2ccccc2C)c1. The number of nitrogens with one attached hydrogen (secondary N) is 1. The standard InChI is InChI=1S/C25H22Cl2N4OS/c1-15-8-9-16(2)21(12-15)28-23(32)14-33-25-30-29-24(19-11-10-18(26)13-20(19)27)31(25)22-7-5-4-6-17(22)3/h4-13H,14H2,1-3H3,(H,28,32).